The van der Waals surface area contributed by atoms with Crippen LogP contribution in [0.5, 0.6) is 0 Å². The highest BCUT2D eigenvalue weighted by atomic mass is 32.2. The minimum absolute atomic E-state index is 0.222. The minimum atomic E-state index is -3.69. The van der Waals surface area contributed by atoms with Gasteiger partial charge in [0.2, 0.25) is 10.0 Å². The maximum atomic E-state index is 13.7. The number of benzene rings is 1. The zero-order chi connectivity index (χ0) is 14.8. The van der Waals surface area contributed by atoms with Crippen molar-refractivity contribution in [1.29, 1.82) is 0 Å². The molecule has 0 saturated heterocycles. The molecule has 0 aliphatic carbocycles. The van der Waals surface area contributed by atoms with Gasteiger partial charge in [-0.3, -0.25) is 10.1 Å². The summed E-state index contributed by atoms with van der Waals surface area (Å²) in [5.74, 6) is -1.38. The molecule has 0 aliphatic heterocycles. The Morgan fingerprint density at radius 2 is 2.11 bits per heavy atom. The summed E-state index contributed by atoms with van der Waals surface area (Å²) in [5, 5.41) is 10.6. The molecule has 0 radical (unpaired) electrons. The highest BCUT2D eigenvalue weighted by Gasteiger charge is 2.31. The third-order valence-corrected chi connectivity index (χ3v) is 4.18. The Hall–Kier alpha value is -1.58. The molecule has 0 amide bonds. The first-order valence-corrected chi connectivity index (χ1v) is 6.89. The molecule has 1 aromatic rings. The van der Waals surface area contributed by atoms with Crippen LogP contribution in [0, 0.1) is 15.9 Å². The molecule has 0 spiro atoms. The molecular formula is C10H14FN3O4S. The quantitative estimate of drug-likeness (QED) is 0.604. The van der Waals surface area contributed by atoms with Crippen molar-refractivity contribution in [2.75, 3.05) is 12.8 Å². The van der Waals surface area contributed by atoms with Gasteiger partial charge in [-0.2, -0.15) is 0 Å². The summed E-state index contributed by atoms with van der Waals surface area (Å²) < 4.78 is 38.7. The molecular weight excluding hydrogens is 277 g/mol. The zero-order valence-electron chi connectivity index (χ0n) is 10.4. The smallest absolute Gasteiger partial charge is 0.269 e. The van der Waals surface area contributed by atoms with Crippen LogP contribution < -0.4 is 10.5 Å². The number of rotatable bonds is 5. The molecule has 0 aliphatic rings. The lowest BCUT2D eigenvalue weighted by atomic mass is 9.94. The third kappa shape index (κ3) is 3.69. The van der Waals surface area contributed by atoms with E-state index in [2.05, 4.69) is 4.72 Å². The summed E-state index contributed by atoms with van der Waals surface area (Å²) in [6.07, 6.45) is 0. The van der Waals surface area contributed by atoms with Crippen LogP contribution in [0.4, 0.5) is 10.1 Å². The molecule has 7 nitrogen and oxygen atoms in total. The van der Waals surface area contributed by atoms with Crippen LogP contribution in [0.25, 0.3) is 0 Å². The molecule has 0 bridgehead atoms. The third-order valence-electron chi connectivity index (χ3n) is 2.58. The molecule has 3 N–H and O–H groups in total. The van der Waals surface area contributed by atoms with Crippen molar-refractivity contribution in [3.63, 3.8) is 0 Å². The van der Waals surface area contributed by atoms with Gasteiger partial charge in [-0.05, 0) is 20.0 Å². The van der Waals surface area contributed by atoms with E-state index >= 15 is 0 Å². The fourth-order valence-corrected chi connectivity index (χ4v) is 2.70. The summed E-state index contributed by atoms with van der Waals surface area (Å²) >= 11 is 0. The predicted octanol–water partition coefficient (Wildman–Crippen LogP) is 0.457. The lowest BCUT2D eigenvalue weighted by Gasteiger charge is -2.24. The predicted molar refractivity (Wildman–Crippen MR) is 67.4 cm³/mol. The molecule has 0 aromatic heterocycles. The van der Waals surface area contributed by atoms with Gasteiger partial charge in [0, 0.05) is 17.7 Å². The lowest BCUT2D eigenvalue weighted by molar-refractivity contribution is -0.385. The highest BCUT2D eigenvalue weighted by molar-refractivity contribution is 7.89. The largest absolute Gasteiger partial charge is 0.321 e. The second kappa shape index (κ2) is 5.19. The molecule has 1 aromatic carbocycles. The number of nitrogens with one attached hydrogen (secondary N) is 1. The first kappa shape index (κ1) is 15.5. The topological polar surface area (TPSA) is 115 Å². The molecule has 9 heteroatoms. The molecule has 0 fully saturated rings. The molecule has 106 valence electrons. The van der Waals surface area contributed by atoms with Crippen LogP contribution in [-0.2, 0) is 15.6 Å². The van der Waals surface area contributed by atoms with E-state index in [1.54, 1.807) is 0 Å². The van der Waals surface area contributed by atoms with Crippen molar-refractivity contribution in [2.45, 2.75) is 12.5 Å². The van der Waals surface area contributed by atoms with Crippen molar-refractivity contribution >= 4 is 15.7 Å². The summed E-state index contributed by atoms with van der Waals surface area (Å²) in [5.41, 5.74) is 3.63. The van der Waals surface area contributed by atoms with Gasteiger partial charge < -0.3 is 5.73 Å². The average molecular weight is 291 g/mol. The van der Waals surface area contributed by atoms with Gasteiger partial charge in [-0.1, -0.05) is 0 Å². The van der Waals surface area contributed by atoms with Crippen LogP contribution in [0.1, 0.15) is 12.5 Å². The number of halogens is 1. The van der Waals surface area contributed by atoms with E-state index < -0.39 is 32.1 Å². The summed E-state index contributed by atoms with van der Waals surface area (Å²) in [6, 6.07) is 2.83. The Bertz CT molecular complexity index is 601. The van der Waals surface area contributed by atoms with Crippen molar-refractivity contribution in [2.24, 2.45) is 5.73 Å². The number of non-ortho nitro benzene ring substituents is 1. The van der Waals surface area contributed by atoms with Crippen LogP contribution in [0.3, 0.4) is 0 Å². The second-order valence-corrected chi connectivity index (χ2v) is 6.23. The first-order chi connectivity index (χ1) is 8.59. The fraction of sp³-hybridized carbons (Fsp3) is 0.400. The lowest BCUT2D eigenvalue weighted by Crippen LogP contribution is -2.44. The van der Waals surface area contributed by atoms with E-state index in [1.807, 2.05) is 0 Å². The molecule has 1 unspecified atom stereocenters. The number of nitrogens with zero attached hydrogens (tertiary/aromatic N) is 1. The summed E-state index contributed by atoms with van der Waals surface area (Å²) in [6.45, 7) is 1.30. The molecule has 19 heavy (non-hydrogen) atoms. The van der Waals surface area contributed by atoms with Gasteiger partial charge in [0.1, 0.15) is 5.82 Å². The maximum absolute atomic E-state index is 13.7. The number of nitrogens with two attached hydrogens (primary N) is 1. The summed E-state index contributed by atoms with van der Waals surface area (Å²) in [7, 11) is -2.48. The highest BCUT2D eigenvalue weighted by Crippen LogP contribution is 2.26. The number of nitro benzene ring substituents is 1. The van der Waals surface area contributed by atoms with E-state index in [1.165, 1.54) is 14.0 Å². The van der Waals surface area contributed by atoms with E-state index in [9.17, 15) is 22.9 Å². The van der Waals surface area contributed by atoms with Crippen molar-refractivity contribution in [3.05, 3.63) is 39.7 Å². The van der Waals surface area contributed by atoms with E-state index in [0.29, 0.717) is 0 Å². The molecule has 0 heterocycles. The number of hydrogen-bond donors (Lipinski definition) is 2. The number of hydrogen-bond acceptors (Lipinski definition) is 5. The fourth-order valence-electron chi connectivity index (χ4n) is 1.61. The van der Waals surface area contributed by atoms with Gasteiger partial charge in [0.25, 0.3) is 5.69 Å². The Labute approximate surface area is 109 Å². The summed E-state index contributed by atoms with van der Waals surface area (Å²) in [4.78, 5) is 9.94. The first-order valence-electron chi connectivity index (χ1n) is 5.23. The Morgan fingerprint density at radius 1 is 1.53 bits per heavy atom. The Kier molecular flexibility index (Phi) is 4.23. The minimum Gasteiger partial charge on any atom is -0.321 e. The van der Waals surface area contributed by atoms with Crippen molar-refractivity contribution in [3.8, 4) is 0 Å². The SMILES string of the molecule is CNS(=O)(=O)CC(C)(N)c1cc([N+](=O)[O-])ccc1F. The van der Waals surface area contributed by atoms with Gasteiger partial charge in [0.05, 0.1) is 16.2 Å². The van der Waals surface area contributed by atoms with Crippen LogP contribution in [0.2, 0.25) is 0 Å². The van der Waals surface area contributed by atoms with Gasteiger partial charge in [0.15, 0.2) is 0 Å². The zero-order valence-corrected chi connectivity index (χ0v) is 11.2. The van der Waals surface area contributed by atoms with Gasteiger partial charge in [-0.15, -0.1) is 0 Å². The standard InChI is InChI=1S/C10H14FN3O4S/c1-10(12,6-19(17,18)13-2)8-5-7(14(15)16)3-4-9(8)11/h3-5,13H,6,12H2,1-2H3. The van der Waals surface area contributed by atoms with E-state index in [-0.39, 0.29) is 11.3 Å². The molecule has 1 atom stereocenters. The molecule has 1 rings (SSSR count). The normalized spacial score (nSPS) is 14.9. The van der Waals surface area contributed by atoms with Crippen LogP contribution >= 0.6 is 0 Å². The van der Waals surface area contributed by atoms with E-state index in [0.717, 1.165) is 18.2 Å². The number of sulfonamides is 1. The van der Waals surface area contributed by atoms with Crippen LogP contribution in [0.15, 0.2) is 18.2 Å². The second-order valence-electron chi connectivity index (χ2n) is 4.30. The van der Waals surface area contributed by atoms with Crippen LogP contribution in [-0.4, -0.2) is 26.1 Å². The monoisotopic (exact) mass is 291 g/mol. The van der Waals surface area contributed by atoms with Crippen molar-refractivity contribution < 1.29 is 17.7 Å². The molecule has 0 saturated carbocycles. The Balaban J connectivity index is 3.27. The number of nitro groups is 1. The van der Waals surface area contributed by atoms with Gasteiger partial charge >= 0.3 is 0 Å². The Morgan fingerprint density at radius 3 is 2.58 bits per heavy atom. The van der Waals surface area contributed by atoms with Crippen molar-refractivity contribution in [1.82, 2.24) is 4.72 Å². The average Bonchev–Trinajstić information content (AvgIpc) is 2.27. The van der Waals surface area contributed by atoms with Gasteiger partial charge in [-0.25, -0.2) is 17.5 Å². The maximum Gasteiger partial charge on any atom is 0.269 e. The van der Waals surface area contributed by atoms with E-state index in [4.69, 9.17) is 5.73 Å².